The Bertz CT molecular complexity index is 770. The molecule has 1 N–H and O–H groups in total. The fourth-order valence-corrected chi connectivity index (χ4v) is 2.47. The van der Waals surface area contributed by atoms with Gasteiger partial charge in [0.25, 0.3) is 5.69 Å². The molecule has 7 nitrogen and oxygen atoms in total. The van der Waals surface area contributed by atoms with E-state index in [4.69, 9.17) is 10.00 Å². The molecule has 118 valence electrons. The number of non-ortho nitro benzene ring substituents is 1. The lowest BCUT2D eigenvalue weighted by molar-refractivity contribution is -0.384. The van der Waals surface area contributed by atoms with Crippen LogP contribution in [0, 0.1) is 21.6 Å². The first-order valence-corrected chi connectivity index (χ1v) is 7.33. The Morgan fingerprint density at radius 3 is 2.87 bits per heavy atom. The predicted molar refractivity (Wildman–Crippen MR) is 85.0 cm³/mol. The summed E-state index contributed by atoms with van der Waals surface area (Å²) in [6, 6.07) is 4.66. The van der Waals surface area contributed by atoms with Crippen molar-refractivity contribution in [3.05, 3.63) is 40.0 Å². The third kappa shape index (κ3) is 3.16. The Hall–Kier alpha value is -2.88. The van der Waals surface area contributed by atoms with E-state index in [1.54, 1.807) is 6.07 Å². The van der Waals surface area contributed by atoms with Crippen LogP contribution in [0.5, 0.6) is 5.75 Å². The zero-order valence-corrected chi connectivity index (χ0v) is 12.9. The van der Waals surface area contributed by atoms with E-state index in [0.717, 1.165) is 12.8 Å². The summed E-state index contributed by atoms with van der Waals surface area (Å²) in [4.78, 5) is 15.1. The van der Waals surface area contributed by atoms with E-state index in [0.29, 0.717) is 22.7 Å². The molecule has 0 bridgehead atoms. The molecule has 0 spiro atoms. The Morgan fingerprint density at radius 2 is 2.26 bits per heavy atom. The van der Waals surface area contributed by atoms with E-state index in [1.165, 1.54) is 12.1 Å². The molecule has 1 saturated carbocycles. The highest BCUT2D eigenvalue weighted by molar-refractivity contribution is 6.24. The molecule has 2 aliphatic rings. The van der Waals surface area contributed by atoms with Gasteiger partial charge in [0, 0.05) is 23.3 Å². The molecule has 1 aromatic rings. The second-order valence-electron chi connectivity index (χ2n) is 6.15. The molecule has 1 heterocycles. The van der Waals surface area contributed by atoms with Gasteiger partial charge in [0.2, 0.25) is 0 Å². The molecule has 1 aliphatic heterocycles. The van der Waals surface area contributed by atoms with Crippen molar-refractivity contribution in [2.75, 3.05) is 0 Å². The first-order valence-electron chi connectivity index (χ1n) is 7.33. The quantitative estimate of drug-likeness (QED) is 0.231. The van der Waals surface area contributed by atoms with E-state index in [-0.39, 0.29) is 11.7 Å². The highest BCUT2D eigenvalue weighted by Crippen LogP contribution is 2.39. The maximum Gasteiger partial charge on any atom is 0.270 e. The fourth-order valence-electron chi connectivity index (χ4n) is 2.47. The molecule has 0 saturated heterocycles. The summed E-state index contributed by atoms with van der Waals surface area (Å²) < 4.78 is 5.87. The number of benzene rings is 1. The Labute approximate surface area is 133 Å². The number of rotatable bonds is 3. The third-order valence-electron chi connectivity index (χ3n) is 3.62. The summed E-state index contributed by atoms with van der Waals surface area (Å²) in [5.41, 5.74) is 0.606. The molecule has 1 aliphatic carbocycles. The number of hydrogen-bond donors (Lipinski definition) is 1. The van der Waals surface area contributed by atoms with Gasteiger partial charge in [-0.3, -0.25) is 20.4 Å². The third-order valence-corrected chi connectivity index (χ3v) is 3.62. The topological polar surface area (TPSA) is 101 Å². The lowest BCUT2D eigenvalue weighted by Crippen LogP contribution is -2.32. The summed E-state index contributed by atoms with van der Waals surface area (Å²) in [6.07, 6.45) is 5.72. The Morgan fingerprint density at radius 1 is 1.52 bits per heavy atom. The van der Waals surface area contributed by atoms with Gasteiger partial charge in [-0.25, -0.2) is 0 Å². The molecule has 0 radical (unpaired) electrons. The highest BCUT2D eigenvalue weighted by Gasteiger charge is 2.31. The second-order valence-corrected chi connectivity index (χ2v) is 6.15. The van der Waals surface area contributed by atoms with Gasteiger partial charge in [-0.1, -0.05) is 0 Å². The molecule has 0 aromatic heterocycles. The number of hydrogen-bond acceptors (Lipinski definition) is 5. The number of fused-ring (bicyclic) bond motifs is 1. The first-order chi connectivity index (χ1) is 10.9. The molecule has 7 heteroatoms. The van der Waals surface area contributed by atoms with E-state index in [2.05, 4.69) is 10.3 Å². The first kappa shape index (κ1) is 15.0. The summed E-state index contributed by atoms with van der Waals surface area (Å²) in [6.45, 7) is 3.77. The van der Waals surface area contributed by atoms with Crippen LogP contribution in [0.1, 0.15) is 32.3 Å². The zero-order chi connectivity index (χ0) is 16.6. The molecular weight excluding hydrogens is 296 g/mol. The minimum absolute atomic E-state index is 0.0271. The summed E-state index contributed by atoms with van der Waals surface area (Å²) >= 11 is 0. The van der Waals surface area contributed by atoms with Crippen molar-refractivity contribution in [1.82, 2.24) is 5.32 Å². The Balaban J connectivity index is 2.13. The molecule has 0 atom stereocenters. The van der Waals surface area contributed by atoms with E-state index in [9.17, 15) is 10.1 Å². The number of nitrogens with zero attached hydrogens (tertiary/aromatic N) is 3. The van der Waals surface area contributed by atoms with Crippen LogP contribution in [0.3, 0.4) is 0 Å². The largest absolute Gasteiger partial charge is 0.483 e. The van der Waals surface area contributed by atoms with Crippen LogP contribution in [0.2, 0.25) is 0 Å². The fraction of sp³-hybridized carbons (Fsp3) is 0.375. The lowest BCUT2D eigenvalue weighted by atomic mass is 9.93. The van der Waals surface area contributed by atoms with Crippen molar-refractivity contribution in [2.24, 2.45) is 4.99 Å². The van der Waals surface area contributed by atoms with E-state index in [1.807, 2.05) is 26.1 Å². The average molecular weight is 312 g/mol. The number of nitrogens with one attached hydrogen (secondary N) is 1. The van der Waals surface area contributed by atoms with Gasteiger partial charge in [-0.05, 0) is 38.8 Å². The lowest BCUT2D eigenvalue weighted by Gasteiger charge is -2.31. The van der Waals surface area contributed by atoms with Gasteiger partial charge < -0.3 is 4.74 Å². The number of ether oxygens (including phenoxy) is 1. The average Bonchev–Trinajstić information content (AvgIpc) is 3.28. The van der Waals surface area contributed by atoms with Crippen LogP contribution >= 0.6 is 0 Å². The van der Waals surface area contributed by atoms with Crippen LogP contribution in [-0.2, 0) is 0 Å². The van der Waals surface area contributed by atoms with E-state index < -0.39 is 10.5 Å². The molecule has 0 amide bonds. The van der Waals surface area contributed by atoms with Crippen LogP contribution in [-0.4, -0.2) is 22.4 Å². The minimum atomic E-state index is -0.597. The molecule has 0 unspecified atom stereocenters. The number of nitro benzene ring substituents is 1. The van der Waals surface area contributed by atoms with Gasteiger partial charge in [-0.15, -0.1) is 0 Å². The molecule has 1 fully saturated rings. The van der Waals surface area contributed by atoms with Crippen molar-refractivity contribution in [2.45, 2.75) is 38.3 Å². The molecule has 23 heavy (non-hydrogen) atoms. The van der Waals surface area contributed by atoms with Gasteiger partial charge in [-0.2, -0.15) is 5.26 Å². The van der Waals surface area contributed by atoms with Crippen LogP contribution < -0.4 is 10.1 Å². The normalized spacial score (nSPS) is 19.0. The maximum absolute atomic E-state index is 11.1. The van der Waals surface area contributed by atoms with Crippen LogP contribution in [0.15, 0.2) is 29.3 Å². The summed E-state index contributed by atoms with van der Waals surface area (Å²) in [5, 5.41) is 22.7. The Kier molecular flexibility index (Phi) is 3.52. The number of nitriles is 1. The van der Waals surface area contributed by atoms with Crippen molar-refractivity contribution in [3.63, 3.8) is 0 Å². The van der Waals surface area contributed by atoms with Gasteiger partial charge in [0.1, 0.15) is 17.2 Å². The van der Waals surface area contributed by atoms with Gasteiger partial charge in [0.05, 0.1) is 11.0 Å². The van der Waals surface area contributed by atoms with Gasteiger partial charge >= 0.3 is 0 Å². The predicted octanol–water partition coefficient (Wildman–Crippen LogP) is 2.78. The van der Waals surface area contributed by atoms with Crippen molar-refractivity contribution in [1.29, 1.82) is 5.26 Å². The monoisotopic (exact) mass is 312 g/mol. The zero-order valence-electron chi connectivity index (χ0n) is 12.9. The second kappa shape index (κ2) is 5.39. The number of amidine groups is 1. The molecule has 1 aromatic carbocycles. The minimum Gasteiger partial charge on any atom is -0.483 e. The van der Waals surface area contributed by atoms with Crippen LogP contribution in [0.25, 0.3) is 5.57 Å². The SMILES string of the molecule is CC1(C)C=C(C(=NC2CC2)NC#N)c2cc([N+](=O)[O-])ccc2O1. The smallest absolute Gasteiger partial charge is 0.270 e. The summed E-state index contributed by atoms with van der Waals surface area (Å²) in [7, 11) is 0. The van der Waals surface area contributed by atoms with Crippen molar-refractivity contribution >= 4 is 17.1 Å². The number of nitro groups is 1. The van der Waals surface area contributed by atoms with Crippen molar-refractivity contribution < 1.29 is 9.66 Å². The number of aliphatic imine (C=N–C) groups is 1. The molecular formula is C16H16N4O3. The summed E-state index contributed by atoms with van der Waals surface area (Å²) in [5.74, 6) is 0.981. The highest BCUT2D eigenvalue weighted by atomic mass is 16.6. The van der Waals surface area contributed by atoms with Gasteiger partial charge in [0.15, 0.2) is 6.19 Å². The standard InChI is InChI=1S/C16H16N4O3/c1-16(2)8-13(15(18-9-17)19-10-3-4-10)12-7-11(20(21)22)5-6-14(12)23-16/h5-8,10H,3-4H2,1-2H3,(H,18,19). The van der Waals surface area contributed by atoms with Crippen molar-refractivity contribution in [3.8, 4) is 11.9 Å². The maximum atomic E-state index is 11.1. The molecule has 3 rings (SSSR count). The van der Waals surface area contributed by atoms with Crippen LogP contribution in [0.4, 0.5) is 5.69 Å². The van der Waals surface area contributed by atoms with E-state index >= 15 is 0 Å².